The van der Waals surface area contributed by atoms with Crippen molar-refractivity contribution < 1.29 is 9.59 Å². The molecule has 2 aromatic rings. The summed E-state index contributed by atoms with van der Waals surface area (Å²) in [7, 11) is 0. The van der Waals surface area contributed by atoms with E-state index in [4.69, 9.17) is 0 Å². The van der Waals surface area contributed by atoms with Crippen molar-refractivity contribution in [1.82, 2.24) is 4.90 Å². The van der Waals surface area contributed by atoms with E-state index in [0.717, 1.165) is 18.8 Å². The summed E-state index contributed by atoms with van der Waals surface area (Å²) in [6, 6.07) is 13.7. The molecule has 1 fully saturated rings. The maximum absolute atomic E-state index is 12.5. The minimum Gasteiger partial charge on any atom is -0.383 e. The summed E-state index contributed by atoms with van der Waals surface area (Å²) in [6.07, 6.45) is 0.704. The predicted octanol–water partition coefficient (Wildman–Crippen LogP) is 4.03. The van der Waals surface area contributed by atoms with Gasteiger partial charge in [0, 0.05) is 48.6 Å². The molecule has 1 atom stereocenters. The molecule has 29 heavy (non-hydrogen) atoms. The van der Waals surface area contributed by atoms with E-state index in [-0.39, 0.29) is 17.9 Å². The van der Waals surface area contributed by atoms with Crippen LogP contribution in [0.2, 0.25) is 0 Å². The van der Waals surface area contributed by atoms with Crippen LogP contribution in [0.3, 0.4) is 0 Å². The van der Waals surface area contributed by atoms with Crippen molar-refractivity contribution in [3.63, 3.8) is 0 Å². The molecule has 0 radical (unpaired) electrons. The monoisotopic (exact) mass is 409 g/mol. The van der Waals surface area contributed by atoms with Crippen LogP contribution < -0.4 is 10.2 Å². The van der Waals surface area contributed by atoms with Gasteiger partial charge in [-0.1, -0.05) is 12.1 Å². The van der Waals surface area contributed by atoms with Gasteiger partial charge >= 0.3 is 0 Å². The number of fused-ring (bicyclic) bond motifs is 1. The summed E-state index contributed by atoms with van der Waals surface area (Å²) >= 11 is 2.02. The molecule has 5 nitrogen and oxygen atoms in total. The molecule has 1 unspecified atom stereocenters. The topological polar surface area (TPSA) is 52.7 Å². The summed E-state index contributed by atoms with van der Waals surface area (Å²) in [6.45, 7) is 6.88. The number of amides is 2. The molecule has 0 saturated carbocycles. The molecule has 1 N–H and O–H groups in total. The van der Waals surface area contributed by atoms with Gasteiger partial charge in [0.15, 0.2) is 0 Å². The van der Waals surface area contributed by atoms with Crippen LogP contribution >= 0.6 is 11.8 Å². The Labute approximate surface area is 176 Å². The first-order valence-electron chi connectivity index (χ1n) is 10.2. The predicted molar refractivity (Wildman–Crippen MR) is 120 cm³/mol. The van der Waals surface area contributed by atoms with Crippen LogP contribution in [0.5, 0.6) is 0 Å². The summed E-state index contributed by atoms with van der Waals surface area (Å²) in [5.41, 5.74) is 4.69. The fraction of sp³-hybridized carbons (Fsp3) is 0.391. The average Bonchev–Trinajstić information content (AvgIpc) is 2.97. The molecule has 4 rings (SSSR count). The molecule has 1 saturated heterocycles. The highest BCUT2D eigenvalue weighted by Crippen LogP contribution is 2.27. The number of rotatable bonds is 6. The van der Waals surface area contributed by atoms with Gasteiger partial charge in [-0.25, -0.2) is 0 Å². The number of benzene rings is 2. The number of anilines is 2. The Hall–Kier alpha value is -2.47. The van der Waals surface area contributed by atoms with Gasteiger partial charge in [0.25, 0.3) is 11.8 Å². The number of hydrogen-bond donors (Lipinski definition) is 1. The minimum atomic E-state index is -0.183. The molecule has 6 heteroatoms. The van der Waals surface area contributed by atoms with Gasteiger partial charge in [-0.2, -0.15) is 11.8 Å². The molecule has 2 aromatic carbocycles. The molecule has 0 aromatic heterocycles. The minimum absolute atomic E-state index is 0.149. The average molecular weight is 410 g/mol. The lowest BCUT2D eigenvalue weighted by atomic mass is 10.1. The first-order valence-corrected chi connectivity index (χ1v) is 11.3. The fourth-order valence-corrected chi connectivity index (χ4v) is 4.93. The standard InChI is InChI=1S/C23H27N3O2S/c1-16-15-18(7-8-21(16)25-11-13-29-14-12-25)24-17(2)9-10-26-22(27)19-5-3-4-6-20(19)23(26)28/h3-8,15,17,24H,9-14H2,1-2H3. The third-order valence-electron chi connectivity index (χ3n) is 5.63. The Balaban J connectivity index is 1.34. The normalized spacial score (nSPS) is 17.4. The van der Waals surface area contributed by atoms with E-state index in [2.05, 4.69) is 42.3 Å². The zero-order valence-corrected chi connectivity index (χ0v) is 17.8. The van der Waals surface area contributed by atoms with Crippen LogP contribution in [-0.4, -0.2) is 53.9 Å². The highest BCUT2D eigenvalue weighted by Gasteiger charge is 2.34. The molecule has 2 heterocycles. The molecule has 0 bridgehead atoms. The second-order valence-electron chi connectivity index (χ2n) is 7.74. The Kier molecular flexibility index (Phi) is 5.81. The number of nitrogens with zero attached hydrogens (tertiary/aromatic N) is 2. The van der Waals surface area contributed by atoms with Gasteiger partial charge in [0.2, 0.25) is 0 Å². The van der Waals surface area contributed by atoms with Crippen molar-refractivity contribution in [1.29, 1.82) is 0 Å². The highest BCUT2D eigenvalue weighted by molar-refractivity contribution is 7.99. The zero-order chi connectivity index (χ0) is 20.4. The molecular weight excluding hydrogens is 382 g/mol. The second-order valence-corrected chi connectivity index (χ2v) is 8.97. The van der Waals surface area contributed by atoms with E-state index in [1.165, 1.54) is 27.7 Å². The first-order chi connectivity index (χ1) is 14.0. The summed E-state index contributed by atoms with van der Waals surface area (Å²) in [5, 5.41) is 3.52. The number of thioether (sulfide) groups is 1. The SMILES string of the molecule is Cc1cc(NC(C)CCN2C(=O)c3ccccc3C2=O)ccc1N1CCSCC1. The van der Waals surface area contributed by atoms with Crippen molar-refractivity contribution in [2.75, 3.05) is 41.4 Å². The molecule has 2 aliphatic rings. The quantitative estimate of drug-likeness (QED) is 0.730. The van der Waals surface area contributed by atoms with Crippen LogP contribution in [0, 0.1) is 6.92 Å². The lowest BCUT2D eigenvalue weighted by molar-refractivity contribution is 0.0651. The van der Waals surface area contributed by atoms with E-state index in [9.17, 15) is 9.59 Å². The van der Waals surface area contributed by atoms with E-state index in [1.54, 1.807) is 24.3 Å². The maximum atomic E-state index is 12.5. The van der Waals surface area contributed by atoms with Crippen LogP contribution in [0.4, 0.5) is 11.4 Å². The van der Waals surface area contributed by atoms with E-state index in [1.807, 2.05) is 11.8 Å². The fourth-order valence-electron chi connectivity index (χ4n) is 4.03. The summed E-state index contributed by atoms with van der Waals surface area (Å²) in [5.74, 6) is 2.01. The highest BCUT2D eigenvalue weighted by atomic mass is 32.2. The van der Waals surface area contributed by atoms with Gasteiger partial charge in [0.05, 0.1) is 11.1 Å². The van der Waals surface area contributed by atoms with Gasteiger partial charge < -0.3 is 10.2 Å². The number of aryl methyl sites for hydroxylation is 1. The molecule has 0 spiro atoms. The van der Waals surface area contributed by atoms with Crippen LogP contribution in [0.1, 0.15) is 39.6 Å². The first kappa shape index (κ1) is 19.8. The summed E-state index contributed by atoms with van der Waals surface area (Å²) in [4.78, 5) is 28.8. The second kappa shape index (κ2) is 8.49. The Morgan fingerprint density at radius 3 is 2.31 bits per heavy atom. The van der Waals surface area contributed by atoms with Gasteiger partial charge in [-0.3, -0.25) is 14.5 Å². The van der Waals surface area contributed by atoms with Crippen LogP contribution in [-0.2, 0) is 0 Å². The molecule has 0 aliphatic carbocycles. The van der Waals surface area contributed by atoms with Crippen molar-refractivity contribution >= 4 is 35.0 Å². The van der Waals surface area contributed by atoms with Crippen molar-refractivity contribution in [3.8, 4) is 0 Å². The maximum Gasteiger partial charge on any atom is 0.261 e. The Morgan fingerprint density at radius 2 is 1.69 bits per heavy atom. The van der Waals surface area contributed by atoms with Crippen molar-refractivity contribution in [2.24, 2.45) is 0 Å². The lowest BCUT2D eigenvalue weighted by Gasteiger charge is -2.30. The third kappa shape index (κ3) is 4.13. The zero-order valence-electron chi connectivity index (χ0n) is 17.0. The number of carbonyl (C=O) groups excluding carboxylic acids is 2. The molecule has 152 valence electrons. The Morgan fingerprint density at radius 1 is 1.03 bits per heavy atom. The smallest absolute Gasteiger partial charge is 0.261 e. The number of carbonyl (C=O) groups is 2. The lowest BCUT2D eigenvalue weighted by Crippen LogP contribution is -2.33. The number of imide groups is 1. The molecular formula is C23H27N3O2S. The Bertz CT molecular complexity index is 889. The number of hydrogen-bond acceptors (Lipinski definition) is 5. The van der Waals surface area contributed by atoms with Crippen LogP contribution in [0.25, 0.3) is 0 Å². The third-order valence-corrected chi connectivity index (χ3v) is 6.57. The van der Waals surface area contributed by atoms with E-state index < -0.39 is 0 Å². The van der Waals surface area contributed by atoms with Gasteiger partial charge in [-0.15, -0.1) is 0 Å². The summed E-state index contributed by atoms with van der Waals surface area (Å²) < 4.78 is 0. The molecule has 2 amide bonds. The van der Waals surface area contributed by atoms with Crippen LogP contribution in [0.15, 0.2) is 42.5 Å². The van der Waals surface area contributed by atoms with Crippen molar-refractivity contribution in [2.45, 2.75) is 26.3 Å². The van der Waals surface area contributed by atoms with Crippen molar-refractivity contribution in [3.05, 3.63) is 59.2 Å². The van der Waals surface area contributed by atoms with Gasteiger partial charge in [0.1, 0.15) is 0 Å². The van der Waals surface area contributed by atoms with Gasteiger partial charge in [-0.05, 0) is 56.2 Å². The van der Waals surface area contributed by atoms with E-state index >= 15 is 0 Å². The molecule has 2 aliphatic heterocycles. The number of nitrogens with one attached hydrogen (secondary N) is 1. The van der Waals surface area contributed by atoms with E-state index in [0.29, 0.717) is 24.1 Å². The largest absolute Gasteiger partial charge is 0.383 e.